The maximum Gasteiger partial charge on any atom is 0.219 e. The number of phenols is 1. The lowest BCUT2D eigenvalue weighted by Crippen LogP contribution is -2.48. The quantitative estimate of drug-likeness (QED) is 0.151. The summed E-state index contributed by atoms with van der Waals surface area (Å²) >= 11 is 0. The molecule has 0 spiro atoms. The summed E-state index contributed by atoms with van der Waals surface area (Å²) in [6, 6.07) is 56.7. The lowest BCUT2D eigenvalue weighted by molar-refractivity contribution is -0.572. The molecule has 75 heavy (non-hydrogen) atoms. The van der Waals surface area contributed by atoms with E-state index < -0.39 is 0 Å². The van der Waals surface area contributed by atoms with E-state index in [1.54, 1.807) is 11.1 Å². The second-order valence-electron chi connectivity index (χ2n) is 28.8. The molecule has 1 heterocycles. The minimum atomic E-state index is 0.00727. The number of aromatic hydroxyl groups is 1. The molecule has 0 radical (unpaired) electrons. The summed E-state index contributed by atoms with van der Waals surface area (Å²) in [5, 5.41) is 12.8. The summed E-state index contributed by atoms with van der Waals surface area (Å²) in [7, 11) is 0. The van der Waals surface area contributed by atoms with Crippen LogP contribution in [0.15, 0.2) is 146 Å². The molecular formula is C73H82NO+. The van der Waals surface area contributed by atoms with E-state index in [4.69, 9.17) is 0 Å². The molecule has 0 atom stereocenters. The van der Waals surface area contributed by atoms with Crippen LogP contribution in [0.1, 0.15) is 167 Å². The van der Waals surface area contributed by atoms with Crippen molar-refractivity contribution in [1.29, 1.82) is 0 Å². The molecule has 0 saturated heterocycles. The van der Waals surface area contributed by atoms with Crippen LogP contribution in [0.5, 0.6) is 5.75 Å². The Morgan fingerprint density at radius 3 is 0.920 bits per heavy atom. The van der Waals surface area contributed by atoms with Gasteiger partial charge in [-0.3, -0.25) is 0 Å². The van der Waals surface area contributed by atoms with Crippen molar-refractivity contribution >= 4 is 0 Å². The first-order valence-electron chi connectivity index (χ1n) is 29.3. The van der Waals surface area contributed by atoms with E-state index in [2.05, 4.69) is 212 Å². The highest BCUT2D eigenvalue weighted by Gasteiger charge is 2.53. The SMILES string of the molecule is CC(C)(C)c1ccc(-c2cc(-c3ccc(C45CC6CC(CC(C6)C4)C5)cc3)[n+](-c3cc(-c4ccc(C(C)(C)C)cc4)c(O)c(-c4ccc(C(C)(C)C)cc4)c3)c(-c3ccc(C45CC6C[C@H](C4)C[C@H](C6)C5)cc3)c2)cc1. The van der Waals surface area contributed by atoms with Gasteiger partial charge in [-0.15, -0.1) is 0 Å². The van der Waals surface area contributed by atoms with Crippen LogP contribution < -0.4 is 4.57 Å². The van der Waals surface area contributed by atoms with Gasteiger partial charge in [-0.05, 0) is 214 Å². The molecule has 6 aromatic carbocycles. The smallest absolute Gasteiger partial charge is 0.219 e. The normalized spacial score (nSPS) is 26.8. The molecular weight excluding hydrogens is 907 g/mol. The molecule has 7 aromatic rings. The number of pyridine rings is 1. The molecule has 1 aromatic heterocycles. The monoisotopic (exact) mass is 989 g/mol. The van der Waals surface area contributed by atoms with Crippen LogP contribution in [0.2, 0.25) is 0 Å². The fourth-order valence-corrected chi connectivity index (χ4v) is 17.0. The van der Waals surface area contributed by atoms with Crippen LogP contribution in [-0.2, 0) is 27.1 Å². The molecule has 2 heteroatoms. The van der Waals surface area contributed by atoms with Crippen molar-refractivity contribution in [2.24, 2.45) is 35.5 Å². The van der Waals surface area contributed by atoms with Gasteiger partial charge >= 0.3 is 0 Å². The number of phenolic OH excluding ortho intramolecular Hbond substituents is 1. The Balaban J connectivity index is 1.04. The van der Waals surface area contributed by atoms with Crippen molar-refractivity contribution in [1.82, 2.24) is 0 Å². The number of nitrogens with zero attached hydrogens (tertiary/aromatic N) is 1. The molecule has 2 nitrogen and oxygen atoms in total. The zero-order valence-electron chi connectivity index (χ0n) is 46.7. The second-order valence-corrected chi connectivity index (χ2v) is 28.8. The van der Waals surface area contributed by atoms with Crippen LogP contribution in [0.25, 0.3) is 61.6 Å². The molecule has 8 saturated carbocycles. The third-order valence-electron chi connectivity index (χ3n) is 20.3. The minimum absolute atomic E-state index is 0.00727. The van der Waals surface area contributed by atoms with E-state index in [-0.39, 0.29) is 16.2 Å². The van der Waals surface area contributed by atoms with Crippen LogP contribution in [0.3, 0.4) is 0 Å². The molecule has 8 aliphatic carbocycles. The van der Waals surface area contributed by atoms with Crippen LogP contribution >= 0.6 is 0 Å². The van der Waals surface area contributed by atoms with Crippen molar-refractivity contribution in [3.8, 4) is 67.3 Å². The Kier molecular flexibility index (Phi) is 11.5. The van der Waals surface area contributed by atoms with Gasteiger partial charge in [-0.2, -0.15) is 4.57 Å². The number of benzene rings is 6. The maximum absolute atomic E-state index is 12.8. The number of rotatable bonds is 8. The molecule has 0 unspecified atom stereocenters. The lowest BCUT2D eigenvalue weighted by atomic mass is 9.48. The van der Waals surface area contributed by atoms with Gasteiger partial charge in [-0.1, -0.05) is 159 Å². The lowest BCUT2D eigenvalue weighted by Gasteiger charge is -2.57. The van der Waals surface area contributed by atoms with Gasteiger partial charge < -0.3 is 5.11 Å². The highest BCUT2D eigenvalue weighted by atomic mass is 16.3. The van der Waals surface area contributed by atoms with Crippen LogP contribution in [-0.4, -0.2) is 5.11 Å². The first-order chi connectivity index (χ1) is 35.8. The molecule has 0 aliphatic heterocycles. The second kappa shape index (κ2) is 17.7. The average Bonchev–Trinajstić information content (AvgIpc) is 3.37. The van der Waals surface area contributed by atoms with Crippen molar-refractivity contribution in [3.63, 3.8) is 0 Å². The van der Waals surface area contributed by atoms with E-state index >= 15 is 0 Å². The van der Waals surface area contributed by atoms with Gasteiger partial charge in [-0.25, -0.2) is 0 Å². The number of hydrogen-bond donors (Lipinski definition) is 1. The Morgan fingerprint density at radius 2 is 0.627 bits per heavy atom. The number of hydrogen-bond acceptors (Lipinski definition) is 1. The van der Waals surface area contributed by atoms with Crippen LogP contribution in [0.4, 0.5) is 0 Å². The third kappa shape index (κ3) is 8.83. The van der Waals surface area contributed by atoms with Gasteiger partial charge in [0.25, 0.3) is 0 Å². The topological polar surface area (TPSA) is 24.1 Å². The first kappa shape index (κ1) is 48.9. The molecule has 15 rings (SSSR count). The summed E-state index contributed by atoms with van der Waals surface area (Å²) < 4.78 is 2.55. The Morgan fingerprint density at radius 1 is 0.347 bits per heavy atom. The minimum Gasteiger partial charge on any atom is -0.507 e. The first-order valence-corrected chi connectivity index (χ1v) is 29.3. The largest absolute Gasteiger partial charge is 0.507 e. The average molecular weight is 989 g/mol. The predicted octanol–water partition coefficient (Wildman–Crippen LogP) is 18.8. The van der Waals surface area contributed by atoms with Gasteiger partial charge in [0.2, 0.25) is 17.1 Å². The molecule has 8 bridgehead atoms. The maximum atomic E-state index is 12.8. The van der Waals surface area contributed by atoms with E-state index in [9.17, 15) is 5.11 Å². The zero-order valence-corrected chi connectivity index (χ0v) is 46.7. The van der Waals surface area contributed by atoms with Gasteiger partial charge in [0.1, 0.15) is 5.75 Å². The van der Waals surface area contributed by atoms with Crippen molar-refractivity contribution < 1.29 is 9.67 Å². The predicted molar refractivity (Wildman–Crippen MR) is 313 cm³/mol. The third-order valence-corrected chi connectivity index (χ3v) is 20.3. The standard InChI is InChI=1S/C73H81NO/c1-69(2,3)58-20-10-52(11-21-58)57-36-66(55-16-26-61(27-17-55)72-40-46-30-47(41-72)32-48(31-46)42-72)74(67(37-57)56-18-28-62(29-19-56)73-43-49-33-50(44-73)35-51(34-49)45-73)63-38-64(53-12-22-59(23-13-53)70(4,5)6)68(75)65(39-63)54-14-24-60(25-15-54)71(7,8)9/h10-29,36-39,46-51H,30-35,40-45H2,1-9H3/p+1/t46-,47-,48?,49?,50?,51?,72?,73?/m1/s1. The summed E-state index contributed by atoms with van der Waals surface area (Å²) in [4.78, 5) is 0. The van der Waals surface area contributed by atoms with Gasteiger partial charge in [0.05, 0.1) is 0 Å². The summed E-state index contributed by atoms with van der Waals surface area (Å²) in [6.45, 7) is 20.5. The van der Waals surface area contributed by atoms with E-state index in [1.807, 2.05) is 0 Å². The highest BCUT2D eigenvalue weighted by molar-refractivity contribution is 5.85. The van der Waals surface area contributed by atoms with E-state index in [0.717, 1.165) is 74.8 Å². The molecule has 384 valence electrons. The Labute approximate surface area is 450 Å². The fraction of sp³-hybridized carbons (Fsp3) is 0.438. The highest BCUT2D eigenvalue weighted by Crippen LogP contribution is 2.62. The van der Waals surface area contributed by atoms with Crippen molar-refractivity contribution in [3.05, 3.63) is 173 Å². The summed E-state index contributed by atoms with van der Waals surface area (Å²) in [6.07, 6.45) is 16.8. The molecule has 0 amide bonds. The summed E-state index contributed by atoms with van der Waals surface area (Å²) in [5.41, 5.74) is 19.6. The van der Waals surface area contributed by atoms with Gasteiger partial charge in [0, 0.05) is 46.5 Å². The van der Waals surface area contributed by atoms with E-state index in [0.29, 0.717) is 16.6 Å². The Hall–Kier alpha value is -5.73. The molecule has 1 N–H and O–H groups in total. The fourth-order valence-electron chi connectivity index (χ4n) is 17.0. The van der Waals surface area contributed by atoms with Gasteiger partial charge in [0.15, 0.2) is 0 Å². The van der Waals surface area contributed by atoms with E-state index in [1.165, 1.54) is 116 Å². The number of aromatic nitrogens is 1. The zero-order chi connectivity index (χ0) is 51.8. The summed E-state index contributed by atoms with van der Waals surface area (Å²) in [5.74, 6) is 5.66. The van der Waals surface area contributed by atoms with Crippen LogP contribution in [0, 0.1) is 35.5 Å². The molecule has 8 fully saturated rings. The van der Waals surface area contributed by atoms with Crippen molar-refractivity contribution in [2.75, 3.05) is 0 Å². The Bertz CT molecular complexity index is 3020. The van der Waals surface area contributed by atoms with Crippen molar-refractivity contribution in [2.45, 2.75) is 166 Å². The molecule has 8 aliphatic rings.